The van der Waals surface area contributed by atoms with Gasteiger partial charge in [-0.05, 0) is 0 Å². The number of alkyl halides is 6. The van der Waals surface area contributed by atoms with E-state index in [0.29, 0.717) is 12.1 Å². The Labute approximate surface area is 258 Å². The SMILES string of the molecule is B=C1C(C(N)=O)=C(O)[C@@H](N(C)C)[C@@H]2C[C@@H]3Cc4c(-c5cc(C(F)(F)F)cc(C(F)(F)F)c5)cc(CN)c(O)c4C(=O)C3=C(O)[C@]12O. The first kappa shape index (κ1) is 33.2. The van der Waals surface area contributed by atoms with Crippen LogP contribution in [0.2, 0.25) is 0 Å². The third kappa shape index (κ3) is 4.81. The number of rotatable bonds is 4. The van der Waals surface area contributed by atoms with Crippen molar-refractivity contribution in [3.8, 4) is 16.9 Å². The molecule has 2 aromatic rings. The average Bonchev–Trinajstić information content (AvgIpc) is 2.93. The molecule has 0 spiro atoms. The molecule has 9 nitrogen and oxygen atoms in total. The number of halogens is 6. The Morgan fingerprint density at radius 2 is 1.61 bits per heavy atom. The van der Waals surface area contributed by atoms with E-state index in [0.717, 1.165) is 6.07 Å². The number of nitrogens with zero attached hydrogens (tertiary/aromatic N) is 1. The third-order valence-electron chi connectivity index (χ3n) is 9.11. The molecule has 0 radical (unpaired) electrons. The van der Waals surface area contributed by atoms with Crippen LogP contribution in [0.5, 0.6) is 5.75 Å². The summed E-state index contributed by atoms with van der Waals surface area (Å²) in [6.07, 6.45) is -10.8. The predicted molar refractivity (Wildman–Crippen MR) is 154 cm³/mol. The van der Waals surface area contributed by atoms with Crippen molar-refractivity contribution in [3.63, 3.8) is 0 Å². The summed E-state index contributed by atoms with van der Waals surface area (Å²) in [6.45, 7) is -0.474. The fourth-order valence-corrected chi connectivity index (χ4v) is 7.06. The van der Waals surface area contributed by atoms with Crippen LogP contribution in [0.3, 0.4) is 0 Å². The molecule has 0 saturated heterocycles. The molecule has 5 rings (SSSR count). The normalized spacial score (nSPS) is 25.0. The summed E-state index contributed by atoms with van der Waals surface area (Å²) in [4.78, 5) is 27.9. The van der Waals surface area contributed by atoms with Crippen LogP contribution >= 0.6 is 0 Å². The molecule has 3 aliphatic rings. The van der Waals surface area contributed by atoms with Crippen LogP contribution in [0.15, 0.2) is 46.9 Å². The van der Waals surface area contributed by atoms with Crippen LogP contribution in [-0.2, 0) is 30.1 Å². The Kier molecular flexibility index (Phi) is 7.73. The van der Waals surface area contributed by atoms with Gasteiger partial charge in [0.2, 0.25) is 0 Å². The van der Waals surface area contributed by atoms with Crippen molar-refractivity contribution in [2.75, 3.05) is 14.1 Å². The van der Waals surface area contributed by atoms with Gasteiger partial charge in [0.1, 0.15) is 0 Å². The fourth-order valence-electron chi connectivity index (χ4n) is 7.06. The minimum absolute atomic E-state index is 0.0378. The van der Waals surface area contributed by atoms with Crippen LogP contribution in [0.4, 0.5) is 26.3 Å². The van der Waals surface area contributed by atoms with Crippen LogP contribution in [0.1, 0.15) is 39.0 Å². The number of carbonyl (C=O) groups is 2. The third-order valence-corrected chi connectivity index (χ3v) is 9.11. The molecule has 0 heterocycles. The standard InChI is InChI=1S/C30H28BF6N3O6/c1-40(2)21-17-7-11-5-16-15(10-3-13(29(32,33)34)8-14(4-10)30(35,36)37)6-12(9-38)22(41)19(16)23(42)18(11)26(44)28(17,46)25(31)20(24(21)43)27(39)45/h3-4,6,8,11,17,21,31,41,43-44,46H,5,7,9,38H2,1-2H3,(H2,39,45)/t11-,17-,21-,28+/m0/s1. The Hall–Kier alpha value is -4.15. The van der Waals surface area contributed by atoms with E-state index in [4.69, 9.17) is 11.5 Å². The van der Waals surface area contributed by atoms with E-state index in [1.807, 2.05) is 0 Å². The summed E-state index contributed by atoms with van der Waals surface area (Å²) >= 11 is 0. The van der Waals surface area contributed by atoms with E-state index in [-0.39, 0.29) is 35.6 Å². The summed E-state index contributed by atoms with van der Waals surface area (Å²) in [7, 11) is 6.69. The van der Waals surface area contributed by atoms with E-state index in [2.05, 4.69) is 7.49 Å². The van der Waals surface area contributed by atoms with Crippen molar-refractivity contribution in [1.29, 1.82) is 0 Å². The fraction of sp³-hybridized carbons (Fsp3) is 0.367. The number of aromatic hydroxyl groups is 1. The van der Waals surface area contributed by atoms with Gasteiger partial charge in [0.15, 0.2) is 0 Å². The van der Waals surface area contributed by atoms with Crippen LogP contribution in [-0.4, -0.2) is 75.7 Å². The van der Waals surface area contributed by atoms with Gasteiger partial charge in [-0.15, -0.1) is 0 Å². The molecule has 0 saturated carbocycles. The van der Waals surface area contributed by atoms with Gasteiger partial charge in [0.05, 0.1) is 0 Å². The monoisotopic (exact) mass is 651 g/mol. The number of hydrogen-bond acceptors (Lipinski definition) is 8. The molecule has 16 heteroatoms. The topological polar surface area (TPSA) is 170 Å². The Balaban J connectivity index is 1.79. The number of Topliss-reactive ketones (excluding diaryl/α,β-unsaturated/α-hetero) is 1. The van der Waals surface area contributed by atoms with Gasteiger partial charge < -0.3 is 0 Å². The number of primary amides is 1. The van der Waals surface area contributed by atoms with Crippen molar-refractivity contribution in [1.82, 2.24) is 4.90 Å². The molecule has 2 aromatic carbocycles. The van der Waals surface area contributed by atoms with Crippen molar-refractivity contribution in [2.24, 2.45) is 23.3 Å². The van der Waals surface area contributed by atoms with E-state index in [9.17, 15) is 56.4 Å². The van der Waals surface area contributed by atoms with E-state index < -0.39 is 110 Å². The molecule has 244 valence electrons. The predicted octanol–water partition coefficient (Wildman–Crippen LogP) is 2.79. The number of allylic oxidation sites excluding steroid dienone is 1. The Morgan fingerprint density at radius 1 is 1.04 bits per heavy atom. The first-order valence-corrected chi connectivity index (χ1v) is 13.8. The zero-order valence-corrected chi connectivity index (χ0v) is 24.3. The van der Waals surface area contributed by atoms with Gasteiger partial charge in [-0.2, -0.15) is 26.3 Å². The zero-order chi connectivity index (χ0) is 34.4. The van der Waals surface area contributed by atoms with E-state index in [1.165, 1.54) is 19.0 Å². The maximum absolute atomic E-state index is 14.1. The number of phenols is 1. The zero-order valence-electron chi connectivity index (χ0n) is 24.3. The van der Waals surface area contributed by atoms with Gasteiger partial charge in [0, 0.05) is 0 Å². The van der Waals surface area contributed by atoms with Gasteiger partial charge >= 0.3 is 232 Å². The Bertz CT molecular complexity index is 1750. The summed E-state index contributed by atoms with van der Waals surface area (Å²) in [5.41, 5.74) is 2.46. The summed E-state index contributed by atoms with van der Waals surface area (Å²) in [5.74, 6) is -6.61. The molecular formula is C30H28BF6N3O6. The molecule has 1 amide bonds. The minimum atomic E-state index is -5.17. The number of fused-ring (bicyclic) bond motifs is 3. The van der Waals surface area contributed by atoms with Crippen molar-refractivity contribution in [2.45, 2.75) is 43.4 Å². The van der Waals surface area contributed by atoms with Gasteiger partial charge in [-0.1, -0.05) is 0 Å². The van der Waals surface area contributed by atoms with Gasteiger partial charge in [-0.25, -0.2) is 0 Å². The number of likely N-dealkylation sites (N-methyl/N-ethyl adjacent to an activating group) is 1. The number of amides is 1. The first-order valence-electron chi connectivity index (χ1n) is 13.8. The Morgan fingerprint density at radius 3 is 2.09 bits per heavy atom. The molecule has 0 aromatic heterocycles. The molecule has 0 fully saturated rings. The molecule has 4 atom stereocenters. The number of ketones is 1. The van der Waals surface area contributed by atoms with Crippen molar-refractivity contribution >= 4 is 24.6 Å². The second kappa shape index (κ2) is 10.7. The van der Waals surface area contributed by atoms with Crippen LogP contribution in [0.25, 0.3) is 11.1 Å². The molecular weight excluding hydrogens is 623 g/mol. The second-order valence-corrected chi connectivity index (χ2v) is 11.9. The molecule has 3 aliphatic carbocycles. The van der Waals surface area contributed by atoms with Crippen molar-refractivity contribution < 1.29 is 56.4 Å². The van der Waals surface area contributed by atoms with Crippen LogP contribution < -0.4 is 11.5 Å². The van der Waals surface area contributed by atoms with Crippen molar-refractivity contribution in [3.05, 3.63) is 74.7 Å². The maximum atomic E-state index is 14.1. The average molecular weight is 651 g/mol. The van der Waals surface area contributed by atoms with Gasteiger partial charge in [0.25, 0.3) is 0 Å². The molecule has 8 N–H and O–H groups in total. The molecule has 46 heavy (non-hydrogen) atoms. The first-order chi connectivity index (χ1) is 21.2. The number of carbonyl (C=O) groups excluding carboxylic acids is 2. The number of benzene rings is 2. The van der Waals surface area contributed by atoms with Gasteiger partial charge in [-0.3, -0.25) is 0 Å². The number of nitrogens with two attached hydrogens (primary N) is 2. The molecule has 0 unspecified atom stereocenters. The number of hydrogen-bond donors (Lipinski definition) is 6. The molecule has 0 bridgehead atoms. The number of aliphatic hydroxyl groups is 3. The molecule has 0 aliphatic heterocycles. The summed E-state index contributed by atoms with van der Waals surface area (Å²) in [6, 6.07) is 0.920. The van der Waals surface area contributed by atoms with E-state index >= 15 is 0 Å². The van der Waals surface area contributed by atoms with Crippen LogP contribution in [0, 0.1) is 11.8 Å². The van der Waals surface area contributed by atoms with E-state index in [1.54, 1.807) is 0 Å². The summed E-state index contributed by atoms with van der Waals surface area (Å²) in [5, 5.41) is 45.7. The number of aliphatic hydroxyl groups excluding tert-OH is 2. The summed E-state index contributed by atoms with van der Waals surface area (Å²) < 4.78 is 82.6. The number of phenolic OH excluding ortho intramolecular Hbond substituents is 1. The second-order valence-electron chi connectivity index (χ2n) is 11.9. The quantitative estimate of drug-likeness (QED) is 0.217.